The highest BCUT2D eigenvalue weighted by Crippen LogP contribution is 2.40. The van der Waals surface area contributed by atoms with E-state index in [2.05, 4.69) is 28.7 Å². The summed E-state index contributed by atoms with van der Waals surface area (Å²) in [6.45, 7) is 8.10. The number of halogens is 3. The van der Waals surface area contributed by atoms with Gasteiger partial charge in [0.15, 0.2) is 0 Å². The van der Waals surface area contributed by atoms with Crippen LogP contribution in [0.4, 0.5) is 13.2 Å². The number of pyridine rings is 1. The minimum Gasteiger partial charge on any atom is -0.491 e. The molecule has 4 heterocycles. The molecular weight excluding hydrogens is 527 g/mol. The average molecular weight is 560 g/mol. The Morgan fingerprint density at radius 2 is 1.88 bits per heavy atom. The van der Waals surface area contributed by atoms with Crippen LogP contribution in [0.1, 0.15) is 41.8 Å². The van der Waals surface area contributed by atoms with Crippen LogP contribution in [0.3, 0.4) is 0 Å². The van der Waals surface area contributed by atoms with Crippen molar-refractivity contribution in [2.24, 2.45) is 5.92 Å². The Morgan fingerprint density at radius 1 is 1.05 bits per heavy atom. The Morgan fingerprint density at radius 3 is 2.68 bits per heavy atom. The van der Waals surface area contributed by atoms with Crippen molar-refractivity contribution in [3.05, 3.63) is 94.9 Å². The van der Waals surface area contributed by atoms with E-state index < -0.39 is 11.7 Å². The molecule has 5 aromatic rings. The molecule has 0 radical (unpaired) electrons. The van der Waals surface area contributed by atoms with Crippen LogP contribution in [0, 0.1) is 12.8 Å². The first-order valence-electron chi connectivity index (χ1n) is 13.8. The lowest BCUT2D eigenvalue weighted by atomic mass is 9.98. The fraction of sp³-hybridized carbons (Fsp3) is 0.312. The number of nitrogens with zero attached hydrogens (tertiary/aromatic N) is 4. The number of alkyl halides is 3. The van der Waals surface area contributed by atoms with Gasteiger partial charge in [-0.25, -0.2) is 9.67 Å². The van der Waals surface area contributed by atoms with Gasteiger partial charge in [-0.2, -0.15) is 18.3 Å². The van der Waals surface area contributed by atoms with Crippen molar-refractivity contribution in [1.29, 1.82) is 0 Å². The normalized spacial score (nSPS) is 14.1. The quantitative estimate of drug-likeness (QED) is 0.227. The highest BCUT2D eigenvalue weighted by Gasteiger charge is 2.34. The van der Waals surface area contributed by atoms with Gasteiger partial charge in [0, 0.05) is 55.0 Å². The van der Waals surface area contributed by atoms with E-state index in [4.69, 9.17) is 9.84 Å². The maximum Gasteiger partial charge on any atom is 0.416 e. The van der Waals surface area contributed by atoms with Crippen LogP contribution in [0.2, 0.25) is 0 Å². The lowest BCUT2D eigenvalue weighted by Gasteiger charge is -2.28. The molecule has 0 saturated carbocycles. The second-order valence-corrected chi connectivity index (χ2v) is 11.0. The second kappa shape index (κ2) is 10.7. The molecule has 0 fully saturated rings. The number of fused-ring (bicyclic) bond motifs is 2. The smallest absolute Gasteiger partial charge is 0.416 e. The van der Waals surface area contributed by atoms with Gasteiger partial charge in [0.2, 0.25) is 0 Å². The van der Waals surface area contributed by atoms with Crippen LogP contribution in [0.5, 0.6) is 5.75 Å². The first-order valence-corrected chi connectivity index (χ1v) is 13.8. The third kappa shape index (κ3) is 5.22. The van der Waals surface area contributed by atoms with Crippen LogP contribution >= 0.6 is 0 Å². The van der Waals surface area contributed by atoms with Gasteiger partial charge in [0.1, 0.15) is 17.1 Å². The number of hydrogen-bond donors (Lipinski definition) is 1. The molecule has 0 spiro atoms. The summed E-state index contributed by atoms with van der Waals surface area (Å²) in [4.78, 5) is 9.76. The number of aryl methyl sites for hydroxylation is 1. The molecule has 6 nitrogen and oxygen atoms in total. The van der Waals surface area contributed by atoms with Crippen molar-refractivity contribution in [1.82, 2.24) is 24.6 Å². The zero-order valence-electron chi connectivity index (χ0n) is 23.3. The van der Waals surface area contributed by atoms with E-state index in [9.17, 15) is 13.2 Å². The van der Waals surface area contributed by atoms with Crippen molar-refractivity contribution < 1.29 is 17.9 Å². The maximum absolute atomic E-state index is 13.8. The number of aromatic nitrogens is 4. The van der Waals surface area contributed by atoms with Crippen molar-refractivity contribution >= 4 is 11.0 Å². The molecule has 1 aliphatic heterocycles. The van der Waals surface area contributed by atoms with Crippen LogP contribution in [0.15, 0.2) is 67.0 Å². The third-order valence-electron chi connectivity index (χ3n) is 7.53. The van der Waals surface area contributed by atoms with Gasteiger partial charge >= 0.3 is 6.18 Å². The van der Waals surface area contributed by atoms with E-state index in [1.54, 1.807) is 18.3 Å². The molecule has 212 valence electrons. The Bertz CT molecular complexity index is 1700. The van der Waals surface area contributed by atoms with E-state index in [-0.39, 0.29) is 12.1 Å². The van der Waals surface area contributed by atoms with Gasteiger partial charge in [-0.05, 0) is 48.2 Å². The molecule has 1 aliphatic rings. The van der Waals surface area contributed by atoms with Gasteiger partial charge in [-0.3, -0.25) is 4.90 Å². The minimum absolute atomic E-state index is 0.197. The van der Waals surface area contributed by atoms with Crippen LogP contribution in [-0.4, -0.2) is 37.8 Å². The molecule has 2 aromatic carbocycles. The summed E-state index contributed by atoms with van der Waals surface area (Å²) in [6, 6.07) is 15.8. The van der Waals surface area contributed by atoms with E-state index in [0.29, 0.717) is 32.0 Å². The number of nitrogens with one attached hydrogen (secondary N) is 1. The van der Waals surface area contributed by atoms with Crippen LogP contribution < -0.4 is 4.74 Å². The SMILES string of the molecule is Cc1cccc(OCC(C)C)c1-n1nc2c(c1-c1ccnc3[nH]ccc13)CN(Cc1ccccc1C(F)(F)F)CC2. The van der Waals surface area contributed by atoms with Crippen LogP contribution in [0.25, 0.3) is 28.0 Å². The Hall–Kier alpha value is -4.11. The van der Waals surface area contributed by atoms with Gasteiger partial charge in [-0.15, -0.1) is 0 Å². The number of hydrogen-bond acceptors (Lipinski definition) is 4. The van der Waals surface area contributed by atoms with E-state index in [1.165, 1.54) is 6.07 Å². The van der Waals surface area contributed by atoms with Crippen LogP contribution in [-0.2, 0) is 25.7 Å². The number of benzene rings is 2. The molecule has 9 heteroatoms. The summed E-state index contributed by atoms with van der Waals surface area (Å²) in [5.41, 5.74) is 6.15. The Labute approximate surface area is 236 Å². The lowest BCUT2D eigenvalue weighted by Crippen LogP contribution is -2.30. The zero-order valence-corrected chi connectivity index (χ0v) is 23.3. The lowest BCUT2D eigenvalue weighted by molar-refractivity contribution is -0.138. The fourth-order valence-electron chi connectivity index (χ4n) is 5.62. The molecule has 0 unspecified atom stereocenters. The molecule has 3 aromatic heterocycles. The van der Waals surface area contributed by atoms with Crippen molar-refractivity contribution in [2.75, 3.05) is 13.2 Å². The van der Waals surface area contributed by atoms with E-state index in [0.717, 1.165) is 56.6 Å². The molecule has 0 saturated heterocycles. The van der Waals surface area contributed by atoms with Gasteiger partial charge in [0.25, 0.3) is 0 Å². The molecular formula is C32H32F3N5O. The van der Waals surface area contributed by atoms with Gasteiger partial charge in [0.05, 0.1) is 23.6 Å². The topological polar surface area (TPSA) is 59.0 Å². The minimum atomic E-state index is -4.40. The van der Waals surface area contributed by atoms with Gasteiger partial charge in [-0.1, -0.05) is 44.2 Å². The standard InChI is InChI=1S/C32H32F3N5O/c1-20(2)19-41-28-10-6-7-21(3)29(28)40-30(23-11-14-36-31-24(23)12-15-37-31)25-18-39(16-13-27(25)38-40)17-22-8-4-5-9-26(22)32(33,34)35/h4-12,14-15,20H,13,16-19H2,1-3H3,(H,36,37). The summed E-state index contributed by atoms with van der Waals surface area (Å²) < 4.78 is 49.6. The fourth-order valence-corrected chi connectivity index (χ4v) is 5.62. The summed E-state index contributed by atoms with van der Waals surface area (Å²) in [7, 11) is 0. The molecule has 0 bridgehead atoms. The number of rotatable bonds is 7. The number of H-pyrrole nitrogens is 1. The largest absolute Gasteiger partial charge is 0.491 e. The average Bonchev–Trinajstić information content (AvgIpc) is 3.56. The molecule has 1 N–H and O–H groups in total. The van der Waals surface area contributed by atoms with E-state index >= 15 is 0 Å². The first kappa shape index (κ1) is 27.1. The predicted octanol–water partition coefficient (Wildman–Crippen LogP) is 7.34. The number of aromatic amines is 1. The first-order chi connectivity index (χ1) is 19.7. The molecule has 0 atom stereocenters. The van der Waals surface area contributed by atoms with Crippen molar-refractivity contribution in [3.63, 3.8) is 0 Å². The van der Waals surface area contributed by atoms with Crippen molar-refractivity contribution in [3.8, 4) is 22.7 Å². The molecule has 0 amide bonds. The summed E-state index contributed by atoms with van der Waals surface area (Å²) in [6.07, 6.45) is -0.146. The maximum atomic E-state index is 13.8. The highest BCUT2D eigenvalue weighted by atomic mass is 19.4. The third-order valence-corrected chi connectivity index (χ3v) is 7.53. The summed E-state index contributed by atoms with van der Waals surface area (Å²) in [5.74, 6) is 1.09. The Kier molecular flexibility index (Phi) is 7.07. The molecule has 0 aliphatic carbocycles. The summed E-state index contributed by atoms with van der Waals surface area (Å²) in [5, 5.41) is 6.09. The zero-order chi connectivity index (χ0) is 28.7. The predicted molar refractivity (Wildman–Crippen MR) is 153 cm³/mol. The number of ether oxygens (including phenoxy) is 1. The monoisotopic (exact) mass is 559 g/mol. The summed E-state index contributed by atoms with van der Waals surface area (Å²) >= 11 is 0. The van der Waals surface area contributed by atoms with E-state index in [1.807, 2.05) is 48.1 Å². The van der Waals surface area contributed by atoms with Gasteiger partial charge < -0.3 is 9.72 Å². The second-order valence-electron chi connectivity index (χ2n) is 11.0. The highest BCUT2D eigenvalue weighted by molar-refractivity contribution is 5.93. The number of para-hydroxylation sites is 1. The molecule has 6 rings (SSSR count). The van der Waals surface area contributed by atoms with Crippen molar-refractivity contribution in [2.45, 2.75) is 46.5 Å². The molecule has 41 heavy (non-hydrogen) atoms. The Balaban J connectivity index is 1.49.